The Bertz CT molecular complexity index is 670. The molecule has 0 amide bonds. The Morgan fingerprint density at radius 3 is 2.15 bits per heavy atom. The Labute approximate surface area is 136 Å². The van der Waals surface area contributed by atoms with Gasteiger partial charge in [0.2, 0.25) is 0 Å². The van der Waals surface area contributed by atoms with Crippen LogP contribution in [0.15, 0.2) is 30.3 Å². The monoisotopic (exact) mass is 351 g/mol. The summed E-state index contributed by atoms with van der Waals surface area (Å²) in [7, 11) is 0. The fourth-order valence-corrected chi connectivity index (χ4v) is 2.77. The van der Waals surface area contributed by atoms with Crippen molar-refractivity contribution in [3.8, 4) is 0 Å². The van der Waals surface area contributed by atoms with E-state index in [2.05, 4.69) is 0 Å². The SMILES string of the molecule is CC(N)(c1ccc(Cl)c(Cl)c1)c1cc(F)c(Cl)cc1Cl. The molecule has 6 heteroatoms. The molecule has 0 aliphatic carbocycles. The van der Waals surface area contributed by atoms with Crippen LogP contribution in [0.2, 0.25) is 20.1 Å². The second-order valence-electron chi connectivity index (χ2n) is 4.58. The van der Waals surface area contributed by atoms with Gasteiger partial charge in [-0.2, -0.15) is 0 Å². The van der Waals surface area contributed by atoms with Crippen LogP contribution in [0, 0.1) is 5.82 Å². The van der Waals surface area contributed by atoms with Crippen molar-refractivity contribution in [3.05, 3.63) is 67.4 Å². The first-order valence-electron chi connectivity index (χ1n) is 5.63. The Morgan fingerprint density at radius 2 is 1.55 bits per heavy atom. The number of rotatable bonds is 2. The van der Waals surface area contributed by atoms with Crippen LogP contribution >= 0.6 is 46.4 Å². The van der Waals surface area contributed by atoms with Gasteiger partial charge in [-0.25, -0.2) is 4.39 Å². The molecule has 0 aliphatic heterocycles. The fourth-order valence-electron chi connectivity index (χ4n) is 1.90. The van der Waals surface area contributed by atoms with Crippen molar-refractivity contribution in [3.63, 3.8) is 0 Å². The van der Waals surface area contributed by atoms with Crippen molar-refractivity contribution in [2.75, 3.05) is 0 Å². The first-order valence-corrected chi connectivity index (χ1v) is 7.14. The highest BCUT2D eigenvalue weighted by Gasteiger charge is 2.28. The molecule has 0 aliphatic rings. The van der Waals surface area contributed by atoms with Gasteiger partial charge in [0, 0.05) is 5.02 Å². The van der Waals surface area contributed by atoms with Gasteiger partial charge in [-0.15, -0.1) is 0 Å². The maximum absolute atomic E-state index is 13.7. The van der Waals surface area contributed by atoms with Crippen LogP contribution in [0.4, 0.5) is 4.39 Å². The molecule has 0 fully saturated rings. The van der Waals surface area contributed by atoms with E-state index in [0.29, 0.717) is 21.2 Å². The van der Waals surface area contributed by atoms with Crippen molar-refractivity contribution in [2.45, 2.75) is 12.5 Å². The molecule has 2 aromatic rings. The van der Waals surface area contributed by atoms with Gasteiger partial charge in [0.25, 0.3) is 0 Å². The predicted molar refractivity (Wildman–Crippen MR) is 83.5 cm³/mol. The molecule has 1 unspecified atom stereocenters. The zero-order valence-electron chi connectivity index (χ0n) is 10.4. The third-order valence-corrected chi connectivity index (χ3v) is 4.43. The molecule has 1 atom stereocenters. The third-order valence-electron chi connectivity index (χ3n) is 3.09. The molecule has 1 nitrogen and oxygen atoms in total. The van der Waals surface area contributed by atoms with Crippen LogP contribution < -0.4 is 5.73 Å². The van der Waals surface area contributed by atoms with Crippen LogP contribution in [-0.2, 0) is 5.54 Å². The van der Waals surface area contributed by atoms with E-state index >= 15 is 0 Å². The molecule has 2 rings (SSSR count). The summed E-state index contributed by atoms with van der Waals surface area (Å²) < 4.78 is 13.7. The number of hydrogen-bond donors (Lipinski definition) is 1. The second kappa shape index (κ2) is 5.70. The van der Waals surface area contributed by atoms with E-state index in [1.165, 1.54) is 12.1 Å². The van der Waals surface area contributed by atoms with Gasteiger partial charge >= 0.3 is 0 Å². The highest BCUT2D eigenvalue weighted by molar-refractivity contribution is 6.42. The van der Waals surface area contributed by atoms with Crippen LogP contribution in [0.3, 0.4) is 0 Å². The molecule has 0 bridgehead atoms. The Morgan fingerprint density at radius 1 is 0.900 bits per heavy atom. The Kier molecular flexibility index (Phi) is 4.53. The van der Waals surface area contributed by atoms with E-state index in [1.807, 2.05) is 0 Å². The van der Waals surface area contributed by atoms with E-state index < -0.39 is 11.4 Å². The van der Waals surface area contributed by atoms with E-state index in [0.717, 1.165) is 0 Å². The summed E-state index contributed by atoms with van der Waals surface area (Å²) in [6.45, 7) is 1.71. The average Bonchev–Trinajstić information content (AvgIpc) is 2.36. The first-order chi connectivity index (χ1) is 9.23. The minimum Gasteiger partial charge on any atom is -0.318 e. The maximum Gasteiger partial charge on any atom is 0.142 e. The van der Waals surface area contributed by atoms with E-state index in [9.17, 15) is 4.39 Å². The van der Waals surface area contributed by atoms with Crippen molar-refractivity contribution in [1.82, 2.24) is 0 Å². The van der Waals surface area contributed by atoms with E-state index in [4.69, 9.17) is 52.1 Å². The minimum atomic E-state index is -1.03. The lowest BCUT2D eigenvalue weighted by atomic mass is 9.85. The number of halogens is 5. The lowest BCUT2D eigenvalue weighted by Gasteiger charge is -2.27. The number of nitrogens with two attached hydrogens (primary N) is 1. The van der Waals surface area contributed by atoms with Crippen molar-refractivity contribution >= 4 is 46.4 Å². The molecule has 20 heavy (non-hydrogen) atoms. The van der Waals surface area contributed by atoms with Gasteiger partial charge in [-0.05, 0) is 42.3 Å². The van der Waals surface area contributed by atoms with Gasteiger partial charge in [-0.1, -0.05) is 52.5 Å². The molecule has 0 heterocycles. The average molecular weight is 353 g/mol. The summed E-state index contributed by atoms with van der Waals surface area (Å²) in [6.07, 6.45) is 0. The van der Waals surface area contributed by atoms with Crippen LogP contribution in [-0.4, -0.2) is 0 Å². The highest BCUT2D eigenvalue weighted by Crippen LogP contribution is 2.36. The zero-order valence-corrected chi connectivity index (χ0v) is 13.4. The van der Waals surface area contributed by atoms with Crippen molar-refractivity contribution in [1.29, 1.82) is 0 Å². The van der Waals surface area contributed by atoms with Gasteiger partial charge in [0.1, 0.15) is 5.82 Å². The summed E-state index contributed by atoms with van der Waals surface area (Å²) in [6, 6.07) is 7.54. The Hall–Kier alpha value is -0.510. The molecule has 0 spiro atoms. The molecule has 2 N–H and O–H groups in total. The topological polar surface area (TPSA) is 26.0 Å². The molecule has 0 saturated carbocycles. The third kappa shape index (κ3) is 2.90. The standard InChI is InChI=1S/C14H10Cl4FN/c1-14(20,7-2-3-9(15)11(17)4-7)8-5-13(19)12(18)6-10(8)16/h2-6H,20H2,1H3. The summed E-state index contributed by atoms with van der Waals surface area (Å²) in [5.74, 6) is -0.581. The summed E-state index contributed by atoms with van der Waals surface area (Å²) in [5.41, 5.74) is 6.35. The number of hydrogen-bond acceptors (Lipinski definition) is 1. The van der Waals surface area contributed by atoms with Crippen molar-refractivity contribution in [2.24, 2.45) is 5.73 Å². The van der Waals surface area contributed by atoms with Gasteiger partial charge < -0.3 is 5.73 Å². The van der Waals surface area contributed by atoms with Crippen LogP contribution in [0.25, 0.3) is 0 Å². The van der Waals surface area contributed by atoms with Gasteiger partial charge in [-0.3, -0.25) is 0 Å². The van der Waals surface area contributed by atoms with Crippen LogP contribution in [0.5, 0.6) is 0 Å². The second-order valence-corrected chi connectivity index (χ2v) is 6.21. The lowest BCUT2D eigenvalue weighted by molar-refractivity contribution is 0.582. The molecular weight excluding hydrogens is 343 g/mol. The van der Waals surface area contributed by atoms with Gasteiger partial charge in [0.15, 0.2) is 0 Å². The predicted octanol–water partition coefficient (Wildman–Crippen LogP) is 5.66. The first kappa shape index (κ1) is 15.9. The smallest absolute Gasteiger partial charge is 0.142 e. The summed E-state index contributed by atoms with van der Waals surface area (Å²) >= 11 is 23.7. The van der Waals surface area contributed by atoms with Crippen LogP contribution in [0.1, 0.15) is 18.1 Å². The van der Waals surface area contributed by atoms with E-state index in [1.54, 1.807) is 25.1 Å². The molecule has 0 saturated heterocycles. The largest absolute Gasteiger partial charge is 0.318 e. The summed E-state index contributed by atoms with van der Waals surface area (Å²) in [5, 5.41) is 1.02. The number of benzene rings is 2. The van der Waals surface area contributed by atoms with Crippen molar-refractivity contribution < 1.29 is 4.39 Å². The maximum atomic E-state index is 13.7. The van der Waals surface area contributed by atoms with E-state index in [-0.39, 0.29) is 10.0 Å². The van der Waals surface area contributed by atoms with Gasteiger partial charge in [0.05, 0.1) is 20.6 Å². The highest BCUT2D eigenvalue weighted by atomic mass is 35.5. The minimum absolute atomic E-state index is 0.0521. The molecule has 106 valence electrons. The fraction of sp³-hybridized carbons (Fsp3) is 0.143. The zero-order chi connectivity index (χ0) is 15.1. The molecule has 0 radical (unpaired) electrons. The Balaban J connectivity index is 2.59. The quantitative estimate of drug-likeness (QED) is 0.693. The molecule has 2 aromatic carbocycles. The molecule has 0 aromatic heterocycles. The normalized spacial score (nSPS) is 14.2. The molecular formula is C14H10Cl4FN. The lowest BCUT2D eigenvalue weighted by Crippen LogP contribution is -2.34. The summed E-state index contributed by atoms with van der Waals surface area (Å²) in [4.78, 5) is 0.